The smallest absolute Gasteiger partial charge is 0.387 e. The van der Waals surface area contributed by atoms with Gasteiger partial charge in [0.05, 0.1) is 11.4 Å². The van der Waals surface area contributed by atoms with Crippen LogP contribution in [0.2, 0.25) is 0 Å². The van der Waals surface area contributed by atoms with E-state index < -0.39 is 11.7 Å². The molecule has 1 heterocycles. The Morgan fingerprint density at radius 1 is 1.26 bits per heavy atom. The van der Waals surface area contributed by atoms with Crippen LogP contribution in [0, 0.1) is 0 Å². The number of benzene rings is 1. The van der Waals surface area contributed by atoms with Gasteiger partial charge < -0.3 is 5.73 Å². The fourth-order valence-electron chi connectivity index (χ4n) is 1.44. The molecule has 2 rings (SSSR count). The van der Waals surface area contributed by atoms with E-state index in [1.807, 2.05) is 0 Å². The molecule has 0 aliphatic heterocycles. The topological polar surface area (TPSA) is 64.2 Å². The van der Waals surface area contributed by atoms with Gasteiger partial charge in [-0.05, 0) is 13.0 Å². The maximum atomic E-state index is 12.9. The third-order valence-electron chi connectivity index (χ3n) is 2.15. The van der Waals surface area contributed by atoms with E-state index in [0.29, 0.717) is 0 Å². The van der Waals surface area contributed by atoms with Crippen LogP contribution in [0.1, 0.15) is 12.5 Å². The molecule has 0 saturated carbocycles. The average Bonchev–Trinajstić information content (AvgIpc) is 2.75. The van der Waals surface area contributed by atoms with Gasteiger partial charge in [0, 0.05) is 5.56 Å². The van der Waals surface area contributed by atoms with Gasteiger partial charge in [-0.25, -0.2) is 4.99 Å². The summed E-state index contributed by atoms with van der Waals surface area (Å²) in [4.78, 5) is 3.86. The van der Waals surface area contributed by atoms with Crippen LogP contribution in [0.15, 0.2) is 29.3 Å². The van der Waals surface area contributed by atoms with Crippen molar-refractivity contribution in [2.45, 2.75) is 13.1 Å². The fourth-order valence-corrected chi connectivity index (χ4v) is 2.25. The predicted octanol–water partition coefficient (Wildman–Crippen LogP) is 3.23. The van der Waals surface area contributed by atoms with E-state index >= 15 is 0 Å². The van der Waals surface area contributed by atoms with Gasteiger partial charge in [0.1, 0.15) is 5.01 Å². The summed E-state index contributed by atoms with van der Waals surface area (Å²) in [6, 6.07) is 5.21. The van der Waals surface area contributed by atoms with E-state index in [1.54, 1.807) is 6.92 Å². The highest BCUT2D eigenvalue weighted by Gasteiger charge is 2.34. The molecule has 0 radical (unpaired) electrons. The van der Waals surface area contributed by atoms with Crippen molar-refractivity contribution in [2.75, 3.05) is 0 Å². The van der Waals surface area contributed by atoms with Gasteiger partial charge in [0.2, 0.25) is 5.13 Å². The summed E-state index contributed by atoms with van der Waals surface area (Å²) in [7, 11) is 0. The summed E-state index contributed by atoms with van der Waals surface area (Å²) < 4.78 is 38.6. The van der Waals surface area contributed by atoms with Crippen molar-refractivity contribution in [3.05, 3.63) is 29.8 Å². The summed E-state index contributed by atoms with van der Waals surface area (Å²) in [6.07, 6.45) is -4.44. The van der Waals surface area contributed by atoms with Crippen molar-refractivity contribution in [1.82, 2.24) is 10.2 Å². The lowest BCUT2D eigenvalue weighted by Crippen LogP contribution is -2.06. The number of amidine groups is 1. The first-order chi connectivity index (χ1) is 8.88. The molecule has 0 atom stereocenters. The van der Waals surface area contributed by atoms with Crippen molar-refractivity contribution in [3.63, 3.8) is 0 Å². The summed E-state index contributed by atoms with van der Waals surface area (Å²) in [6.45, 7) is 1.56. The molecule has 1 aromatic heterocycles. The average molecular weight is 286 g/mol. The number of aromatic nitrogens is 2. The molecule has 0 aliphatic carbocycles. The second-order valence-corrected chi connectivity index (χ2v) is 4.64. The van der Waals surface area contributed by atoms with E-state index in [-0.39, 0.29) is 21.5 Å². The minimum absolute atomic E-state index is 0.0105. The number of hydrogen-bond donors (Lipinski definition) is 1. The Balaban J connectivity index is 2.48. The first kappa shape index (κ1) is 13.5. The van der Waals surface area contributed by atoms with Gasteiger partial charge in [-0.3, -0.25) is 0 Å². The second kappa shape index (κ2) is 4.96. The van der Waals surface area contributed by atoms with Crippen molar-refractivity contribution >= 4 is 22.3 Å². The lowest BCUT2D eigenvalue weighted by Gasteiger charge is -2.09. The molecule has 19 heavy (non-hydrogen) atoms. The standard InChI is InChI=1S/C11H9F3N4S/c1-6(15)16-10-18-17-9(19-10)7-4-2-3-5-8(7)11(12,13)14/h2-5H,1H3,(H2,15,16,18). The molecule has 0 spiro atoms. The number of nitrogens with two attached hydrogens (primary N) is 1. The number of hydrogen-bond acceptors (Lipinski definition) is 4. The zero-order valence-corrected chi connectivity index (χ0v) is 10.6. The third-order valence-corrected chi connectivity index (χ3v) is 3.00. The lowest BCUT2D eigenvalue weighted by atomic mass is 10.1. The van der Waals surface area contributed by atoms with E-state index in [9.17, 15) is 13.2 Å². The second-order valence-electron chi connectivity index (χ2n) is 3.69. The predicted molar refractivity (Wildman–Crippen MR) is 67.3 cm³/mol. The largest absolute Gasteiger partial charge is 0.417 e. The Morgan fingerprint density at radius 2 is 1.95 bits per heavy atom. The van der Waals surface area contributed by atoms with Crippen LogP contribution >= 0.6 is 11.3 Å². The molecule has 0 unspecified atom stereocenters. The van der Waals surface area contributed by atoms with Crippen molar-refractivity contribution in [1.29, 1.82) is 0 Å². The van der Waals surface area contributed by atoms with E-state index in [0.717, 1.165) is 17.4 Å². The van der Waals surface area contributed by atoms with Gasteiger partial charge >= 0.3 is 6.18 Å². The third kappa shape index (κ3) is 3.08. The number of rotatable bonds is 2. The van der Waals surface area contributed by atoms with Crippen molar-refractivity contribution in [3.8, 4) is 10.6 Å². The zero-order valence-electron chi connectivity index (χ0n) is 9.77. The monoisotopic (exact) mass is 286 g/mol. The molecule has 2 aromatic rings. The normalized spacial score (nSPS) is 12.7. The Morgan fingerprint density at radius 3 is 2.58 bits per heavy atom. The number of alkyl halides is 3. The molecule has 100 valence electrons. The molecule has 1 aromatic carbocycles. The molecule has 0 bridgehead atoms. The molecule has 0 amide bonds. The van der Waals surface area contributed by atoms with Crippen LogP contribution in [0.5, 0.6) is 0 Å². The van der Waals surface area contributed by atoms with E-state index in [2.05, 4.69) is 15.2 Å². The van der Waals surface area contributed by atoms with Crippen LogP contribution in [-0.2, 0) is 6.18 Å². The first-order valence-corrected chi connectivity index (χ1v) is 6.00. The minimum atomic E-state index is -4.44. The Kier molecular flexibility index (Phi) is 3.52. The van der Waals surface area contributed by atoms with E-state index in [4.69, 9.17) is 5.73 Å². The molecular weight excluding hydrogens is 277 g/mol. The summed E-state index contributed by atoms with van der Waals surface area (Å²) in [5.41, 5.74) is 4.63. The quantitative estimate of drug-likeness (QED) is 0.681. The van der Waals surface area contributed by atoms with Crippen molar-refractivity contribution in [2.24, 2.45) is 10.7 Å². The lowest BCUT2D eigenvalue weighted by molar-refractivity contribution is -0.137. The minimum Gasteiger partial charge on any atom is -0.387 e. The summed E-state index contributed by atoms with van der Waals surface area (Å²) in [5, 5.41) is 7.80. The van der Waals surface area contributed by atoms with Gasteiger partial charge in [-0.2, -0.15) is 13.2 Å². The van der Waals surface area contributed by atoms with Crippen LogP contribution in [0.4, 0.5) is 18.3 Å². The Hall–Kier alpha value is -1.96. The Labute approximate surface area is 110 Å². The number of aliphatic imine (C=N–C) groups is 1. The highest BCUT2D eigenvalue weighted by molar-refractivity contribution is 7.18. The molecule has 0 saturated heterocycles. The van der Waals surface area contributed by atoms with E-state index in [1.165, 1.54) is 18.2 Å². The van der Waals surface area contributed by atoms with Crippen LogP contribution in [-0.4, -0.2) is 16.0 Å². The molecular formula is C11H9F3N4S. The maximum absolute atomic E-state index is 12.9. The maximum Gasteiger partial charge on any atom is 0.417 e. The highest BCUT2D eigenvalue weighted by atomic mass is 32.1. The van der Waals surface area contributed by atoms with Crippen LogP contribution < -0.4 is 5.73 Å². The molecule has 0 aliphatic rings. The van der Waals surface area contributed by atoms with Gasteiger partial charge in [0.25, 0.3) is 0 Å². The number of nitrogens with zero attached hydrogens (tertiary/aromatic N) is 3. The van der Waals surface area contributed by atoms with Gasteiger partial charge in [0.15, 0.2) is 0 Å². The summed E-state index contributed by atoms with van der Waals surface area (Å²) >= 11 is 0.955. The van der Waals surface area contributed by atoms with Crippen LogP contribution in [0.25, 0.3) is 10.6 Å². The Bertz CT molecular complexity index is 614. The molecule has 0 fully saturated rings. The SMILES string of the molecule is C/C(N)=N\c1nnc(-c2ccccc2C(F)(F)F)s1. The first-order valence-electron chi connectivity index (χ1n) is 5.19. The fraction of sp³-hybridized carbons (Fsp3) is 0.182. The van der Waals surface area contributed by atoms with Crippen LogP contribution in [0.3, 0.4) is 0 Å². The molecule has 2 N–H and O–H groups in total. The summed E-state index contributed by atoms with van der Waals surface area (Å²) in [5.74, 6) is 0.270. The van der Waals surface area contributed by atoms with Crippen molar-refractivity contribution < 1.29 is 13.2 Å². The molecule has 8 heteroatoms. The number of halogens is 3. The zero-order chi connectivity index (χ0) is 14.0. The van der Waals surface area contributed by atoms with Gasteiger partial charge in [-0.15, -0.1) is 10.2 Å². The highest BCUT2D eigenvalue weighted by Crippen LogP contribution is 2.38. The molecule has 4 nitrogen and oxygen atoms in total. The van der Waals surface area contributed by atoms with Gasteiger partial charge in [-0.1, -0.05) is 29.5 Å².